The molecule has 3 rings (SSSR count). The van der Waals surface area contributed by atoms with Crippen molar-refractivity contribution in [2.24, 2.45) is 5.92 Å². The lowest BCUT2D eigenvalue weighted by Crippen LogP contribution is -2.67. The summed E-state index contributed by atoms with van der Waals surface area (Å²) in [5, 5.41) is 29.3. The van der Waals surface area contributed by atoms with Crippen molar-refractivity contribution in [1.82, 2.24) is 4.90 Å². The molecule has 3 fully saturated rings. The van der Waals surface area contributed by atoms with Crippen molar-refractivity contribution in [3.63, 3.8) is 0 Å². The summed E-state index contributed by atoms with van der Waals surface area (Å²) < 4.78 is 11.0. The van der Waals surface area contributed by atoms with Gasteiger partial charge in [-0.25, -0.2) is 0 Å². The van der Waals surface area contributed by atoms with E-state index in [2.05, 4.69) is 0 Å². The van der Waals surface area contributed by atoms with Crippen LogP contribution in [0.5, 0.6) is 0 Å². The van der Waals surface area contributed by atoms with E-state index in [-0.39, 0.29) is 49.3 Å². The maximum atomic E-state index is 12.5. The van der Waals surface area contributed by atoms with Gasteiger partial charge in [0.25, 0.3) is 5.91 Å². The predicted molar refractivity (Wildman–Crippen MR) is 64.9 cm³/mol. The van der Waals surface area contributed by atoms with Crippen molar-refractivity contribution in [2.45, 2.75) is 37.9 Å². The Morgan fingerprint density at radius 3 is 3.05 bits per heavy atom. The summed E-state index contributed by atoms with van der Waals surface area (Å²) in [6.45, 7) is 1.80. The van der Waals surface area contributed by atoms with Crippen LogP contribution in [0, 0.1) is 17.2 Å². The molecule has 0 aliphatic carbocycles. The molecule has 108 valence electrons. The molecule has 3 aliphatic rings. The Morgan fingerprint density at radius 1 is 1.65 bits per heavy atom. The van der Waals surface area contributed by atoms with Crippen LogP contribution in [0.1, 0.15) is 19.8 Å². The molecule has 4 atom stereocenters. The molecule has 1 amide bonds. The van der Waals surface area contributed by atoms with Gasteiger partial charge in [0.1, 0.15) is 0 Å². The van der Waals surface area contributed by atoms with Crippen LogP contribution in [0.4, 0.5) is 0 Å². The number of piperidine rings is 1. The molecule has 2 N–H and O–H groups in total. The minimum absolute atomic E-state index is 0.0713. The molecule has 0 aromatic heterocycles. The van der Waals surface area contributed by atoms with Crippen molar-refractivity contribution >= 4 is 5.91 Å². The van der Waals surface area contributed by atoms with Gasteiger partial charge >= 0.3 is 0 Å². The summed E-state index contributed by atoms with van der Waals surface area (Å²) in [6.07, 6.45) is -0.856. The van der Waals surface area contributed by atoms with Crippen molar-refractivity contribution in [1.29, 1.82) is 5.26 Å². The SMILES string of the molecule is C/C(O)=C1/C(=O)N(CCC#N)[C@]2(O)C[C@H]1[C@H]1CO[C@@H]2O1. The Labute approximate surface area is 116 Å². The number of likely N-dealkylation sites (tertiary alicyclic amines) is 1. The number of aliphatic hydroxyl groups excluding tert-OH is 1. The minimum Gasteiger partial charge on any atom is -0.512 e. The number of hydrogen-bond donors (Lipinski definition) is 2. The number of carbonyl (C=O) groups is 1. The molecule has 7 heteroatoms. The van der Waals surface area contributed by atoms with Gasteiger partial charge in [0.2, 0.25) is 6.29 Å². The average Bonchev–Trinajstić information content (AvgIpc) is 2.83. The predicted octanol–water partition coefficient (Wildman–Crippen LogP) is 0.0243. The number of ether oxygens (including phenoxy) is 2. The molecule has 0 spiro atoms. The van der Waals surface area contributed by atoms with E-state index in [0.717, 1.165) is 0 Å². The molecule has 0 saturated carbocycles. The van der Waals surface area contributed by atoms with Crippen LogP contribution in [-0.2, 0) is 14.3 Å². The van der Waals surface area contributed by atoms with Crippen molar-refractivity contribution in [2.75, 3.05) is 13.2 Å². The Hall–Kier alpha value is -1.62. The molecule has 0 aromatic rings. The Balaban J connectivity index is 2.04. The Morgan fingerprint density at radius 2 is 2.40 bits per heavy atom. The van der Waals surface area contributed by atoms with E-state index >= 15 is 0 Å². The third-order valence-corrected chi connectivity index (χ3v) is 4.21. The summed E-state index contributed by atoms with van der Waals surface area (Å²) in [5.41, 5.74) is -1.31. The van der Waals surface area contributed by atoms with Gasteiger partial charge in [0.05, 0.1) is 36.5 Å². The summed E-state index contributed by atoms with van der Waals surface area (Å²) in [7, 11) is 0. The standard InChI is InChI=1S/C13H16N2O5/c1-7(16)10-8-5-13(18,12-19-6-9(8)20-12)15(11(10)17)4-2-3-14/h8-9,12,16,18H,2,4-6H2,1H3/b10-7-/t8-,9+,12+,13-/m0/s1. The molecule has 0 radical (unpaired) electrons. The van der Waals surface area contributed by atoms with Crippen LogP contribution >= 0.6 is 0 Å². The Bertz CT molecular complexity index is 521. The van der Waals surface area contributed by atoms with E-state index in [1.165, 1.54) is 11.8 Å². The number of nitrogens with zero attached hydrogens (tertiary/aromatic N) is 2. The monoisotopic (exact) mass is 280 g/mol. The normalized spacial score (nSPS) is 41.5. The first-order valence-electron chi connectivity index (χ1n) is 6.57. The highest BCUT2D eigenvalue weighted by Crippen LogP contribution is 2.48. The van der Waals surface area contributed by atoms with E-state index in [4.69, 9.17) is 14.7 Å². The number of amides is 1. The molecule has 3 aliphatic heterocycles. The second-order valence-corrected chi connectivity index (χ2v) is 5.39. The van der Waals surface area contributed by atoms with Crippen LogP contribution in [0.2, 0.25) is 0 Å². The summed E-state index contributed by atoms with van der Waals surface area (Å²) in [5.74, 6) is -0.893. The van der Waals surface area contributed by atoms with Crippen molar-refractivity contribution in [3.05, 3.63) is 11.3 Å². The quantitative estimate of drug-likeness (QED) is 0.546. The van der Waals surface area contributed by atoms with E-state index in [1.807, 2.05) is 6.07 Å². The van der Waals surface area contributed by atoms with Crippen LogP contribution in [0.15, 0.2) is 11.3 Å². The fourth-order valence-electron chi connectivity index (χ4n) is 3.31. The minimum atomic E-state index is -1.56. The van der Waals surface area contributed by atoms with Gasteiger partial charge in [0.15, 0.2) is 5.72 Å². The number of carbonyl (C=O) groups excluding carboxylic acids is 1. The maximum absolute atomic E-state index is 12.5. The summed E-state index contributed by atoms with van der Waals surface area (Å²) in [6, 6.07) is 1.95. The maximum Gasteiger partial charge on any atom is 0.255 e. The topological polar surface area (TPSA) is 103 Å². The van der Waals surface area contributed by atoms with Crippen LogP contribution < -0.4 is 0 Å². The van der Waals surface area contributed by atoms with Gasteiger partial charge in [-0.05, 0) is 6.92 Å². The first kappa shape index (κ1) is 13.4. The fraction of sp³-hybridized carbons (Fsp3) is 0.692. The zero-order chi connectivity index (χ0) is 14.5. The highest BCUT2D eigenvalue weighted by atomic mass is 16.7. The highest BCUT2D eigenvalue weighted by Gasteiger charge is 2.62. The smallest absolute Gasteiger partial charge is 0.255 e. The summed E-state index contributed by atoms with van der Waals surface area (Å²) in [4.78, 5) is 13.7. The van der Waals surface area contributed by atoms with E-state index in [1.54, 1.807) is 0 Å². The highest BCUT2D eigenvalue weighted by molar-refractivity contribution is 5.96. The van der Waals surface area contributed by atoms with Gasteiger partial charge in [-0.3, -0.25) is 4.79 Å². The van der Waals surface area contributed by atoms with Crippen LogP contribution in [0.25, 0.3) is 0 Å². The molecule has 3 heterocycles. The molecule has 0 aromatic carbocycles. The zero-order valence-corrected chi connectivity index (χ0v) is 11.1. The molecule has 3 saturated heterocycles. The molecular weight excluding hydrogens is 264 g/mol. The third-order valence-electron chi connectivity index (χ3n) is 4.21. The van der Waals surface area contributed by atoms with E-state index in [0.29, 0.717) is 0 Å². The number of fused-ring (bicyclic) bond motifs is 6. The fourth-order valence-corrected chi connectivity index (χ4v) is 3.31. The van der Waals surface area contributed by atoms with Crippen LogP contribution in [-0.4, -0.2) is 52.3 Å². The second-order valence-electron chi connectivity index (χ2n) is 5.39. The molecule has 7 nitrogen and oxygen atoms in total. The van der Waals surface area contributed by atoms with Crippen LogP contribution in [0.3, 0.4) is 0 Å². The number of rotatable bonds is 2. The van der Waals surface area contributed by atoms with Gasteiger partial charge in [-0.1, -0.05) is 0 Å². The molecular formula is C13H16N2O5. The molecule has 20 heavy (non-hydrogen) atoms. The van der Waals surface area contributed by atoms with Gasteiger partial charge in [0, 0.05) is 18.9 Å². The van der Waals surface area contributed by atoms with Gasteiger partial charge in [-0.2, -0.15) is 5.26 Å². The first-order chi connectivity index (χ1) is 9.49. The van der Waals surface area contributed by atoms with E-state index < -0.39 is 17.9 Å². The molecule has 0 unspecified atom stereocenters. The van der Waals surface area contributed by atoms with Crippen molar-refractivity contribution < 1.29 is 24.5 Å². The zero-order valence-electron chi connectivity index (χ0n) is 11.1. The lowest BCUT2D eigenvalue weighted by molar-refractivity contribution is -0.283. The number of nitriles is 1. The Kier molecular flexibility index (Phi) is 2.97. The summed E-state index contributed by atoms with van der Waals surface area (Å²) >= 11 is 0. The average molecular weight is 280 g/mol. The first-order valence-corrected chi connectivity index (χ1v) is 6.57. The van der Waals surface area contributed by atoms with E-state index in [9.17, 15) is 15.0 Å². The second kappa shape index (κ2) is 4.45. The number of aliphatic hydroxyl groups is 2. The molecule has 4 bridgehead atoms. The van der Waals surface area contributed by atoms with Gasteiger partial charge in [-0.15, -0.1) is 0 Å². The lowest BCUT2D eigenvalue weighted by Gasteiger charge is -2.51. The number of hydrogen-bond acceptors (Lipinski definition) is 6. The third kappa shape index (κ3) is 1.66. The largest absolute Gasteiger partial charge is 0.512 e. The number of allylic oxidation sites excluding steroid dienone is 1. The lowest BCUT2D eigenvalue weighted by atomic mass is 9.78. The van der Waals surface area contributed by atoms with Crippen molar-refractivity contribution in [3.8, 4) is 6.07 Å². The van der Waals surface area contributed by atoms with Gasteiger partial charge < -0.3 is 24.6 Å².